The van der Waals surface area contributed by atoms with Gasteiger partial charge in [0.2, 0.25) is 5.91 Å². The maximum absolute atomic E-state index is 12.4. The second-order valence-corrected chi connectivity index (χ2v) is 6.61. The number of hydrogen-bond acceptors (Lipinski definition) is 4. The molecule has 0 radical (unpaired) electrons. The zero-order chi connectivity index (χ0) is 16.1. The summed E-state index contributed by atoms with van der Waals surface area (Å²) in [6.45, 7) is 5.57. The number of ether oxygens (including phenoxy) is 2. The lowest BCUT2D eigenvalue weighted by molar-refractivity contribution is -0.133. The van der Waals surface area contributed by atoms with E-state index in [9.17, 15) is 4.79 Å². The Bertz CT molecular complexity index is 511. The molecule has 3 rings (SSSR count). The van der Waals surface area contributed by atoms with Crippen LogP contribution in [0.5, 0.6) is 0 Å². The Morgan fingerprint density at radius 2 is 2.39 bits per heavy atom. The van der Waals surface area contributed by atoms with Crippen molar-refractivity contribution in [3.05, 3.63) is 17.5 Å². The first-order chi connectivity index (χ1) is 11.2. The second kappa shape index (κ2) is 7.93. The van der Waals surface area contributed by atoms with Crippen molar-refractivity contribution in [3.63, 3.8) is 0 Å². The van der Waals surface area contributed by atoms with E-state index in [1.807, 2.05) is 11.8 Å². The van der Waals surface area contributed by atoms with Crippen molar-refractivity contribution in [1.82, 2.24) is 15.1 Å². The van der Waals surface area contributed by atoms with E-state index in [0.717, 1.165) is 56.8 Å². The Morgan fingerprint density at radius 1 is 1.48 bits per heavy atom. The summed E-state index contributed by atoms with van der Waals surface area (Å²) in [4.78, 5) is 14.3. The molecule has 2 unspecified atom stereocenters. The third-order valence-electron chi connectivity index (χ3n) is 4.71. The molecule has 0 aliphatic carbocycles. The molecule has 2 aliphatic heterocycles. The highest BCUT2D eigenvalue weighted by atomic mass is 16.5. The summed E-state index contributed by atoms with van der Waals surface area (Å²) in [5, 5.41) is 7.34. The molecule has 0 bridgehead atoms. The van der Waals surface area contributed by atoms with Crippen LogP contribution in [0.2, 0.25) is 0 Å². The molecule has 2 fully saturated rings. The summed E-state index contributed by atoms with van der Waals surface area (Å²) >= 11 is 0. The van der Waals surface area contributed by atoms with E-state index >= 15 is 0 Å². The predicted octanol–water partition coefficient (Wildman–Crippen LogP) is 2.01. The number of aromatic amines is 1. The van der Waals surface area contributed by atoms with Gasteiger partial charge in [0.25, 0.3) is 0 Å². The van der Waals surface area contributed by atoms with Gasteiger partial charge in [-0.3, -0.25) is 9.89 Å². The number of nitrogens with zero attached hydrogens (tertiary/aromatic N) is 2. The van der Waals surface area contributed by atoms with Crippen LogP contribution in [0.3, 0.4) is 0 Å². The zero-order valence-electron chi connectivity index (χ0n) is 13.9. The summed E-state index contributed by atoms with van der Waals surface area (Å²) in [5.74, 6) is 0.541. The van der Waals surface area contributed by atoms with Crippen molar-refractivity contribution < 1.29 is 14.3 Å². The van der Waals surface area contributed by atoms with Gasteiger partial charge in [-0.05, 0) is 38.7 Å². The average molecular weight is 321 g/mol. The first-order valence-electron chi connectivity index (χ1n) is 8.71. The highest BCUT2D eigenvalue weighted by Crippen LogP contribution is 2.26. The lowest BCUT2D eigenvalue weighted by atomic mass is 9.94. The van der Waals surface area contributed by atoms with Crippen molar-refractivity contribution in [3.8, 4) is 0 Å². The number of carbonyl (C=O) groups excluding carboxylic acids is 1. The maximum Gasteiger partial charge on any atom is 0.224 e. The van der Waals surface area contributed by atoms with Crippen LogP contribution in [0.15, 0.2) is 6.07 Å². The molecule has 1 aromatic rings. The van der Waals surface area contributed by atoms with E-state index in [2.05, 4.69) is 16.3 Å². The van der Waals surface area contributed by atoms with Gasteiger partial charge in [0.05, 0.1) is 31.4 Å². The average Bonchev–Trinajstić information content (AvgIpc) is 3.23. The van der Waals surface area contributed by atoms with Crippen LogP contribution in [0, 0.1) is 6.92 Å². The smallest absolute Gasteiger partial charge is 0.224 e. The van der Waals surface area contributed by atoms with E-state index in [1.165, 1.54) is 0 Å². The number of likely N-dealkylation sites (tertiary alicyclic amines) is 1. The van der Waals surface area contributed by atoms with Gasteiger partial charge in [-0.1, -0.05) is 0 Å². The zero-order valence-corrected chi connectivity index (χ0v) is 13.9. The van der Waals surface area contributed by atoms with Gasteiger partial charge in [0.1, 0.15) is 0 Å². The Balaban J connectivity index is 1.40. The van der Waals surface area contributed by atoms with Crippen LogP contribution in [0.25, 0.3) is 0 Å². The third-order valence-corrected chi connectivity index (χ3v) is 4.71. The molecular formula is C17H27N3O3. The normalized spacial score (nSPS) is 25.0. The molecule has 128 valence electrons. The number of hydrogen-bond donors (Lipinski definition) is 1. The van der Waals surface area contributed by atoms with Gasteiger partial charge >= 0.3 is 0 Å². The number of nitrogens with one attached hydrogen (secondary N) is 1. The first-order valence-corrected chi connectivity index (χ1v) is 8.71. The van der Waals surface area contributed by atoms with Crippen LogP contribution in [-0.2, 0) is 14.3 Å². The molecule has 1 N–H and O–H groups in total. The number of rotatable bonds is 6. The Labute approximate surface area is 137 Å². The monoisotopic (exact) mass is 321 g/mol. The summed E-state index contributed by atoms with van der Waals surface area (Å²) in [6, 6.07) is 2.09. The highest BCUT2D eigenvalue weighted by Gasteiger charge is 2.26. The van der Waals surface area contributed by atoms with Crippen molar-refractivity contribution in [2.75, 3.05) is 32.9 Å². The highest BCUT2D eigenvalue weighted by molar-refractivity contribution is 5.76. The third kappa shape index (κ3) is 4.54. The van der Waals surface area contributed by atoms with Crippen molar-refractivity contribution in [2.24, 2.45) is 0 Å². The van der Waals surface area contributed by atoms with E-state index in [1.54, 1.807) is 0 Å². The molecule has 3 heterocycles. The first kappa shape index (κ1) is 16.5. The summed E-state index contributed by atoms with van der Waals surface area (Å²) < 4.78 is 11.1. The topological polar surface area (TPSA) is 67.5 Å². The number of amides is 1. The minimum Gasteiger partial charge on any atom is -0.378 e. The largest absolute Gasteiger partial charge is 0.378 e. The Hall–Kier alpha value is -1.40. The van der Waals surface area contributed by atoms with Gasteiger partial charge in [0.15, 0.2) is 0 Å². The lowest BCUT2D eigenvalue weighted by Gasteiger charge is -2.32. The lowest BCUT2D eigenvalue weighted by Crippen LogP contribution is -2.39. The summed E-state index contributed by atoms with van der Waals surface area (Å²) in [5.41, 5.74) is 2.15. The minimum absolute atomic E-state index is 0.189. The molecule has 2 atom stereocenters. The van der Waals surface area contributed by atoms with Gasteiger partial charge in [-0.2, -0.15) is 5.10 Å². The van der Waals surface area contributed by atoms with Gasteiger partial charge in [0, 0.05) is 31.3 Å². The van der Waals surface area contributed by atoms with Crippen LogP contribution in [-0.4, -0.2) is 60.0 Å². The number of H-pyrrole nitrogens is 1. The van der Waals surface area contributed by atoms with E-state index < -0.39 is 0 Å². The Kier molecular flexibility index (Phi) is 5.67. The van der Waals surface area contributed by atoms with Gasteiger partial charge in [-0.15, -0.1) is 0 Å². The molecule has 23 heavy (non-hydrogen) atoms. The minimum atomic E-state index is 0.189. The molecule has 0 spiro atoms. The van der Waals surface area contributed by atoms with Crippen LogP contribution < -0.4 is 0 Å². The van der Waals surface area contributed by atoms with Crippen molar-refractivity contribution >= 4 is 5.91 Å². The van der Waals surface area contributed by atoms with Crippen LogP contribution in [0.4, 0.5) is 0 Å². The van der Waals surface area contributed by atoms with Crippen molar-refractivity contribution in [2.45, 2.75) is 51.0 Å². The summed E-state index contributed by atoms with van der Waals surface area (Å²) in [7, 11) is 0. The fraction of sp³-hybridized carbons (Fsp3) is 0.765. The van der Waals surface area contributed by atoms with Crippen LogP contribution in [0.1, 0.15) is 49.4 Å². The molecule has 6 nitrogen and oxygen atoms in total. The van der Waals surface area contributed by atoms with E-state index in [0.29, 0.717) is 25.6 Å². The van der Waals surface area contributed by atoms with E-state index in [-0.39, 0.29) is 12.0 Å². The molecule has 1 amide bonds. The molecule has 6 heteroatoms. The summed E-state index contributed by atoms with van der Waals surface area (Å²) in [6.07, 6.45) is 5.02. The number of aryl methyl sites for hydroxylation is 1. The van der Waals surface area contributed by atoms with Gasteiger partial charge < -0.3 is 14.4 Å². The Morgan fingerprint density at radius 3 is 3.13 bits per heavy atom. The van der Waals surface area contributed by atoms with E-state index in [4.69, 9.17) is 9.47 Å². The fourth-order valence-corrected chi connectivity index (χ4v) is 3.40. The quantitative estimate of drug-likeness (QED) is 0.814. The van der Waals surface area contributed by atoms with Crippen LogP contribution >= 0.6 is 0 Å². The molecule has 2 aliphatic rings. The number of piperidine rings is 1. The predicted molar refractivity (Wildman–Crippen MR) is 86.3 cm³/mol. The standard InChI is InChI=1S/C17H27N3O3/c1-13-10-16(19-18-13)14-4-2-7-20(11-14)17(21)6-9-22-12-15-5-3-8-23-15/h10,14-15H,2-9,11-12H2,1H3,(H,18,19). The maximum atomic E-state index is 12.4. The molecule has 2 saturated heterocycles. The second-order valence-electron chi connectivity index (χ2n) is 6.61. The fourth-order valence-electron chi connectivity index (χ4n) is 3.40. The van der Waals surface area contributed by atoms with Crippen molar-refractivity contribution in [1.29, 1.82) is 0 Å². The molecule has 0 saturated carbocycles. The number of aromatic nitrogens is 2. The molecule has 0 aromatic carbocycles. The van der Waals surface area contributed by atoms with Gasteiger partial charge in [-0.25, -0.2) is 0 Å². The molecule has 1 aromatic heterocycles. The SMILES string of the molecule is Cc1cc(C2CCCN(C(=O)CCOCC3CCCO3)C2)n[nH]1. The molecular weight excluding hydrogens is 294 g/mol. The number of carbonyl (C=O) groups is 1.